The number of hydrogen-bond acceptors (Lipinski definition) is 6. The number of unbranched alkanes of at least 4 members (excludes halogenated alkanes) is 3. The Morgan fingerprint density at radius 2 is 1.62 bits per heavy atom. The van der Waals surface area contributed by atoms with Crippen LogP contribution in [0.25, 0.3) is 0 Å². The van der Waals surface area contributed by atoms with Crippen LogP contribution in [0.2, 0.25) is 0 Å². The van der Waals surface area contributed by atoms with Gasteiger partial charge in [-0.1, -0.05) is 96.3 Å². The molecule has 4 atom stereocenters. The van der Waals surface area contributed by atoms with E-state index in [0.29, 0.717) is 50.4 Å². The number of nitrogens with one attached hydrogen (secondary N) is 3. The third-order valence-corrected chi connectivity index (χ3v) is 12.1. The standard InChI is InChI=1S/C33H48F3N5O5S.C6H12/c1-3-21(2)29(31(44)39-47-24-15-16-24)38-30(43)26-13-9-17-41(26)28(42)18-37-27(33(34,35)36)14-7-5-4-6-10-22-11-8-12-23-19-40(32(45)46)20-25(22)23;1-2-4-6-5-3-1/h8,11-12,21,24,26-27,29,37H,3-7,9-10,13-20H2,1-2H3,(H,38,43)(H,39,44)(H,45,46);1-6H2/t21-,26-,27?,29?;/m0./s1. The number of benzene rings is 1. The summed E-state index contributed by atoms with van der Waals surface area (Å²) in [5, 5.41) is 14.9. The predicted molar refractivity (Wildman–Crippen MR) is 201 cm³/mol. The van der Waals surface area contributed by atoms with E-state index in [9.17, 15) is 37.5 Å². The van der Waals surface area contributed by atoms with Crippen LogP contribution in [-0.2, 0) is 33.9 Å². The van der Waals surface area contributed by atoms with E-state index in [-0.39, 0.29) is 24.8 Å². The first kappa shape index (κ1) is 42.7. The number of amides is 4. The largest absolute Gasteiger partial charge is 0.465 e. The van der Waals surface area contributed by atoms with Crippen molar-refractivity contribution in [3.63, 3.8) is 0 Å². The van der Waals surface area contributed by atoms with Gasteiger partial charge in [0.25, 0.3) is 5.91 Å². The Bertz CT molecular complexity index is 1350. The summed E-state index contributed by atoms with van der Waals surface area (Å²) >= 11 is 1.36. The van der Waals surface area contributed by atoms with E-state index < -0.39 is 48.8 Å². The van der Waals surface area contributed by atoms with Crippen LogP contribution in [0.4, 0.5) is 18.0 Å². The van der Waals surface area contributed by atoms with E-state index in [1.54, 1.807) is 0 Å². The third kappa shape index (κ3) is 13.7. The molecule has 2 aliphatic heterocycles. The van der Waals surface area contributed by atoms with Crippen molar-refractivity contribution in [1.29, 1.82) is 0 Å². The Balaban J connectivity index is 0.000000948. The lowest BCUT2D eigenvalue weighted by Crippen LogP contribution is -2.56. The van der Waals surface area contributed by atoms with Gasteiger partial charge in [0.15, 0.2) is 0 Å². The molecule has 0 aromatic heterocycles. The summed E-state index contributed by atoms with van der Waals surface area (Å²) in [7, 11) is 0. The maximum Gasteiger partial charge on any atom is 0.407 e. The molecule has 1 saturated heterocycles. The summed E-state index contributed by atoms with van der Waals surface area (Å²) in [6.07, 6.45) is 10.2. The molecule has 5 rings (SSSR count). The summed E-state index contributed by atoms with van der Waals surface area (Å²) in [5.41, 5.74) is 3.11. The number of carboxylic acid groups (broad SMARTS) is 1. The van der Waals surface area contributed by atoms with Crippen molar-refractivity contribution in [3.8, 4) is 0 Å². The van der Waals surface area contributed by atoms with Gasteiger partial charge < -0.3 is 15.3 Å². The zero-order valence-electron chi connectivity index (χ0n) is 31.5. The molecule has 1 aromatic carbocycles. The van der Waals surface area contributed by atoms with Gasteiger partial charge in [0, 0.05) is 24.9 Å². The lowest BCUT2D eigenvalue weighted by Gasteiger charge is -2.29. The fourth-order valence-corrected chi connectivity index (χ4v) is 8.09. The van der Waals surface area contributed by atoms with Crippen molar-refractivity contribution in [2.45, 2.75) is 166 Å². The van der Waals surface area contributed by atoms with E-state index in [2.05, 4.69) is 15.4 Å². The Morgan fingerprint density at radius 3 is 2.25 bits per heavy atom. The Labute approximate surface area is 317 Å². The molecule has 4 aliphatic rings. The minimum atomic E-state index is -4.53. The molecule has 14 heteroatoms. The molecular formula is C39H60F3N5O5S. The van der Waals surface area contributed by atoms with Crippen LogP contribution in [0.1, 0.15) is 133 Å². The smallest absolute Gasteiger partial charge is 0.407 e. The first-order valence-corrected chi connectivity index (χ1v) is 20.7. The van der Waals surface area contributed by atoms with Gasteiger partial charge >= 0.3 is 12.3 Å². The summed E-state index contributed by atoms with van der Waals surface area (Å²) in [5.74, 6) is -1.45. The Morgan fingerprint density at radius 1 is 0.943 bits per heavy atom. The van der Waals surface area contributed by atoms with Gasteiger partial charge in [-0.25, -0.2) is 4.79 Å². The number of likely N-dealkylation sites (tertiary alicyclic amines) is 1. The number of rotatable bonds is 17. The molecule has 0 radical (unpaired) electrons. The molecule has 0 spiro atoms. The van der Waals surface area contributed by atoms with Crippen molar-refractivity contribution in [3.05, 3.63) is 34.9 Å². The van der Waals surface area contributed by atoms with E-state index in [1.807, 2.05) is 32.0 Å². The highest BCUT2D eigenvalue weighted by molar-refractivity contribution is 7.98. The van der Waals surface area contributed by atoms with Gasteiger partial charge in [0.05, 0.1) is 6.54 Å². The number of alkyl halides is 3. The van der Waals surface area contributed by atoms with Crippen molar-refractivity contribution in [1.82, 2.24) is 25.2 Å². The van der Waals surface area contributed by atoms with Crippen LogP contribution in [0.5, 0.6) is 0 Å². The number of carbonyl (C=O) groups excluding carboxylic acids is 3. The van der Waals surface area contributed by atoms with E-state index in [4.69, 9.17) is 0 Å². The average Bonchev–Trinajstić information content (AvgIpc) is 3.64. The monoisotopic (exact) mass is 767 g/mol. The van der Waals surface area contributed by atoms with E-state index >= 15 is 0 Å². The number of aryl methyl sites for hydroxylation is 1. The van der Waals surface area contributed by atoms with Crippen LogP contribution in [0, 0.1) is 5.92 Å². The fourth-order valence-electron chi connectivity index (χ4n) is 7.31. The molecule has 2 aliphatic carbocycles. The third-order valence-electron chi connectivity index (χ3n) is 11.0. The maximum atomic E-state index is 13.9. The molecule has 4 N–H and O–H groups in total. The first-order valence-electron chi connectivity index (χ1n) is 19.8. The summed E-state index contributed by atoms with van der Waals surface area (Å²) in [4.78, 5) is 53.2. The Hall–Kier alpha value is -3.00. The average molecular weight is 768 g/mol. The highest BCUT2D eigenvalue weighted by atomic mass is 32.2. The van der Waals surface area contributed by atoms with Crippen LogP contribution >= 0.6 is 11.9 Å². The highest BCUT2D eigenvalue weighted by Crippen LogP contribution is 2.32. The molecule has 2 unspecified atom stereocenters. The normalized spacial score (nSPS) is 20.1. The molecule has 0 bridgehead atoms. The van der Waals surface area contributed by atoms with Crippen LogP contribution in [0.3, 0.4) is 0 Å². The zero-order valence-corrected chi connectivity index (χ0v) is 32.3. The molecule has 298 valence electrons. The van der Waals surface area contributed by atoms with Crippen molar-refractivity contribution >= 4 is 35.8 Å². The SMILES string of the molecule is C1CCCCC1.CC[C@H](C)C(NC(=O)[C@@H]1CCCN1C(=O)CNC(CCCCCCc1cccc2c1CN(C(=O)O)C2)C(F)(F)F)C(=O)NSC1CC1. The van der Waals surface area contributed by atoms with Crippen molar-refractivity contribution in [2.75, 3.05) is 13.1 Å². The number of halogens is 3. The van der Waals surface area contributed by atoms with Crippen LogP contribution < -0.4 is 15.4 Å². The summed E-state index contributed by atoms with van der Waals surface area (Å²) in [6.45, 7) is 4.26. The molecule has 4 amide bonds. The van der Waals surface area contributed by atoms with Crippen LogP contribution in [-0.4, -0.2) is 81.4 Å². The second kappa shape index (κ2) is 21.2. The quantitative estimate of drug-likeness (QED) is 0.0956. The van der Waals surface area contributed by atoms with E-state index in [0.717, 1.165) is 48.8 Å². The minimum Gasteiger partial charge on any atom is -0.465 e. The van der Waals surface area contributed by atoms with Gasteiger partial charge in [-0.05, 0) is 79.5 Å². The molecular weight excluding hydrogens is 708 g/mol. The number of nitrogens with zero attached hydrogens (tertiary/aromatic N) is 2. The second-order valence-corrected chi connectivity index (χ2v) is 16.2. The number of hydrogen-bond donors (Lipinski definition) is 4. The number of fused-ring (bicyclic) bond motifs is 1. The minimum absolute atomic E-state index is 0.137. The fraction of sp³-hybridized carbons (Fsp3) is 0.744. The molecule has 2 heterocycles. The molecule has 53 heavy (non-hydrogen) atoms. The maximum absolute atomic E-state index is 13.9. The zero-order chi connectivity index (χ0) is 38.4. The topological polar surface area (TPSA) is 131 Å². The first-order chi connectivity index (χ1) is 25.4. The van der Waals surface area contributed by atoms with Gasteiger partial charge in [0.1, 0.15) is 18.1 Å². The van der Waals surface area contributed by atoms with Gasteiger partial charge in [-0.2, -0.15) is 13.2 Å². The molecule has 10 nitrogen and oxygen atoms in total. The van der Waals surface area contributed by atoms with Gasteiger partial charge in [-0.15, -0.1) is 0 Å². The molecule has 1 aromatic rings. The summed E-state index contributed by atoms with van der Waals surface area (Å²) < 4.78 is 44.5. The lowest BCUT2D eigenvalue weighted by atomic mass is 9.98. The predicted octanol–water partition coefficient (Wildman–Crippen LogP) is 7.48. The van der Waals surface area contributed by atoms with Crippen LogP contribution in [0.15, 0.2) is 18.2 Å². The van der Waals surface area contributed by atoms with E-state index in [1.165, 1.54) is 60.3 Å². The summed E-state index contributed by atoms with van der Waals surface area (Å²) in [6, 6.07) is 2.38. The highest BCUT2D eigenvalue weighted by Gasteiger charge is 2.41. The lowest BCUT2D eigenvalue weighted by molar-refractivity contribution is -0.159. The molecule has 3 fully saturated rings. The van der Waals surface area contributed by atoms with Crippen molar-refractivity contribution in [2.24, 2.45) is 5.92 Å². The molecule has 2 saturated carbocycles. The number of carbonyl (C=O) groups is 4. The second-order valence-electron chi connectivity index (χ2n) is 15.1. The Kier molecular flexibility index (Phi) is 17.1. The van der Waals surface area contributed by atoms with Gasteiger partial charge in [0.2, 0.25) is 11.8 Å². The van der Waals surface area contributed by atoms with Crippen molar-refractivity contribution < 1.29 is 37.5 Å². The van der Waals surface area contributed by atoms with Gasteiger partial charge in [-0.3, -0.25) is 29.3 Å².